The first kappa shape index (κ1) is 20.0. The molecule has 7 heteroatoms. The van der Waals surface area contributed by atoms with Crippen molar-refractivity contribution in [1.82, 2.24) is 10.1 Å². The molecule has 0 spiro atoms. The van der Waals surface area contributed by atoms with Gasteiger partial charge < -0.3 is 4.52 Å². The summed E-state index contributed by atoms with van der Waals surface area (Å²) in [5.41, 5.74) is 6.58. The number of thiazole rings is 1. The standard InChI is InChI=1S/C18H15ClN2OS.C4H5NS/c1-9-11(3)23-18-15(9)17(12-4-6-13(19)7-5-12)20-8-14-16(18)10(2)21-22-14;1-4-5-2-3-6-4/h4-7H,8H2,1-3H3;2-3H,1H3. The molecule has 1 aromatic carbocycles. The van der Waals surface area contributed by atoms with Crippen molar-refractivity contribution in [3.05, 3.63) is 78.9 Å². The van der Waals surface area contributed by atoms with Gasteiger partial charge in [0.25, 0.3) is 0 Å². The third-order valence-electron chi connectivity index (χ3n) is 4.84. The van der Waals surface area contributed by atoms with Crippen molar-refractivity contribution in [2.24, 2.45) is 4.99 Å². The summed E-state index contributed by atoms with van der Waals surface area (Å²) in [6.45, 7) is 8.79. The maximum Gasteiger partial charge on any atom is 0.167 e. The minimum atomic E-state index is 0.508. The predicted octanol–water partition coefficient (Wildman–Crippen LogP) is 6.78. The first-order valence-corrected chi connectivity index (χ1v) is 11.3. The number of thiophene rings is 1. The lowest BCUT2D eigenvalue weighted by Gasteiger charge is -2.08. The van der Waals surface area contributed by atoms with Crippen molar-refractivity contribution in [2.45, 2.75) is 34.2 Å². The fourth-order valence-electron chi connectivity index (χ4n) is 3.27. The van der Waals surface area contributed by atoms with Gasteiger partial charge in [-0.25, -0.2) is 0 Å². The molecule has 0 atom stereocenters. The molecule has 5 rings (SSSR count). The summed E-state index contributed by atoms with van der Waals surface area (Å²) in [6.07, 6.45) is 1.81. The molecule has 0 saturated carbocycles. The molecule has 148 valence electrons. The molecule has 0 fully saturated rings. The number of aryl methyl sites for hydroxylation is 3. The van der Waals surface area contributed by atoms with Crippen LogP contribution in [0.1, 0.15) is 38.0 Å². The number of halogens is 1. The van der Waals surface area contributed by atoms with E-state index >= 15 is 0 Å². The number of nitrogens with zero attached hydrogens (tertiary/aromatic N) is 3. The SMILES string of the molecule is Cc1nccs1.Cc1noc2c1-c1sc(C)c(C)c1C(c1ccc(Cl)cc1)=NC2. The topological polar surface area (TPSA) is 51.3 Å². The smallest absolute Gasteiger partial charge is 0.167 e. The normalized spacial score (nSPS) is 12.4. The van der Waals surface area contributed by atoms with E-state index in [-0.39, 0.29) is 0 Å². The Kier molecular flexibility index (Phi) is 5.67. The van der Waals surface area contributed by atoms with E-state index < -0.39 is 0 Å². The van der Waals surface area contributed by atoms with Crippen LogP contribution in [-0.4, -0.2) is 15.9 Å². The Morgan fingerprint density at radius 1 is 1.03 bits per heavy atom. The maximum atomic E-state index is 6.03. The van der Waals surface area contributed by atoms with Crippen molar-refractivity contribution < 1.29 is 4.52 Å². The molecule has 29 heavy (non-hydrogen) atoms. The van der Waals surface area contributed by atoms with Crippen LogP contribution in [0.25, 0.3) is 10.4 Å². The van der Waals surface area contributed by atoms with E-state index in [4.69, 9.17) is 21.1 Å². The van der Waals surface area contributed by atoms with Crippen molar-refractivity contribution in [3.8, 4) is 10.4 Å². The van der Waals surface area contributed by atoms with Crippen LogP contribution in [0.4, 0.5) is 0 Å². The van der Waals surface area contributed by atoms with Crippen molar-refractivity contribution in [3.63, 3.8) is 0 Å². The van der Waals surface area contributed by atoms with E-state index in [1.807, 2.05) is 43.5 Å². The molecule has 4 nitrogen and oxygen atoms in total. The summed E-state index contributed by atoms with van der Waals surface area (Å²) >= 11 is 9.49. The Morgan fingerprint density at radius 3 is 2.41 bits per heavy atom. The number of rotatable bonds is 1. The van der Waals surface area contributed by atoms with Gasteiger partial charge in [0.1, 0.15) is 6.54 Å². The van der Waals surface area contributed by atoms with E-state index in [1.54, 1.807) is 28.9 Å². The van der Waals surface area contributed by atoms with E-state index in [2.05, 4.69) is 24.0 Å². The van der Waals surface area contributed by atoms with Crippen molar-refractivity contribution in [2.75, 3.05) is 0 Å². The number of benzene rings is 1. The monoisotopic (exact) mass is 441 g/mol. The average Bonchev–Trinajstić information content (AvgIpc) is 3.36. The van der Waals surface area contributed by atoms with Crippen LogP contribution in [0.15, 0.2) is 45.4 Å². The van der Waals surface area contributed by atoms with Crippen LogP contribution >= 0.6 is 34.3 Å². The first-order valence-electron chi connectivity index (χ1n) is 9.18. The predicted molar refractivity (Wildman–Crippen MR) is 122 cm³/mol. The van der Waals surface area contributed by atoms with Crippen molar-refractivity contribution in [1.29, 1.82) is 0 Å². The van der Waals surface area contributed by atoms with Gasteiger partial charge in [0.05, 0.1) is 22.0 Å². The van der Waals surface area contributed by atoms with Crippen LogP contribution in [-0.2, 0) is 6.54 Å². The van der Waals surface area contributed by atoms with Gasteiger partial charge in [0.2, 0.25) is 0 Å². The highest BCUT2D eigenvalue weighted by atomic mass is 35.5. The Balaban J connectivity index is 0.000000294. The van der Waals surface area contributed by atoms with Gasteiger partial charge >= 0.3 is 0 Å². The molecular weight excluding hydrogens is 422 g/mol. The average molecular weight is 442 g/mol. The zero-order valence-corrected chi connectivity index (χ0v) is 19.0. The molecule has 4 aromatic rings. The second kappa shape index (κ2) is 8.22. The number of hydrogen-bond donors (Lipinski definition) is 0. The minimum Gasteiger partial charge on any atom is -0.358 e. The fourth-order valence-corrected chi connectivity index (χ4v) is 5.11. The molecule has 0 amide bonds. The lowest BCUT2D eigenvalue weighted by atomic mass is 9.96. The molecular formula is C22H20ClN3OS2. The third kappa shape index (κ3) is 3.92. The summed E-state index contributed by atoms with van der Waals surface area (Å²) < 4.78 is 5.50. The molecule has 0 unspecified atom stereocenters. The Labute approximate surface area is 182 Å². The van der Waals surface area contributed by atoms with Crippen LogP contribution in [0.3, 0.4) is 0 Å². The summed E-state index contributed by atoms with van der Waals surface area (Å²) in [6, 6.07) is 7.86. The van der Waals surface area contributed by atoms with Gasteiger partial charge in [-0.05, 0) is 45.4 Å². The molecule has 1 aliphatic heterocycles. The van der Waals surface area contributed by atoms with Crippen LogP contribution in [0.5, 0.6) is 0 Å². The highest BCUT2D eigenvalue weighted by molar-refractivity contribution is 7.16. The number of aromatic nitrogens is 2. The van der Waals surface area contributed by atoms with E-state index in [0.717, 1.165) is 38.3 Å². The van der Waals surface area contributed by atoms with Crippen molar-refractivity contribution >= 4 is 40.0 Å². The second-order valence-electron chi connectivity index (χ2n) is 6.78. The lowest BCUT2D eigenvalue weighted by molar-refractivity contribution is 0.382. The zero-order valence-electron chi connectivity index (χ0n) is 16.6. The fraction of sp³-hybridized carbons (Fsp3) is 0.227. The molecule has 1 aliphatic rings. The van der Waals surface area contributed by atoms with E-state index in [9.17, 15) is 0 Å². The molecule has 0 radical (unpaired) electrons. The number of hydrogen-bond acceptors (Lipinski definition) is 6. The van der Waals surface area contributed by atoms with Crippen LogP contribution < -0.4 is 0 Å². The third-order valence-corrected chi connectivity index (χ3v) is 7.02. The summed E-state index contributed by atoms with van der Waals surface area (Å²) in [5.74, 6) is 0.842. The van der Waals surface area contributed by atoms with Crippen LogP contribution in [0.2, 0.25) is 5.02 Å². The highest BCUT2D eigenvalue weighted by Crippen LogP contribution is 2.42. The molecule has 0 N–H and O–H groups in total. The maximum absolute atomic E-state index is 6.03. The largest absolute Gasteiger partial charge is 0.358 e. The zero-order chi connectivity index (χ0) is 20.5. The Bertz CT molecular complexity index is 1170. The summed E-state index contributed by atoms with van der Waals surface area (Å²) in [4.78, 5) is 11.3. The summed E-state index contributed by atoms with van der Waals surface area (Å²) in [7, 11) is 0. The molecule has 0 saturated heterocycles. The highest BCUT2D eigenvalue weighted by Gasteiger charge is 2.28. The molecule has 4 heterocycles. The van der Waals surface area contributed by atoms with E-state index in [0.29, 0.717) is 6.54 Å². The molecule has 0 bridgehead atoms. The van der Waals surface area contributed by atoms with Gasteiger partial charge in [-0.3, -0.25) is 9.98 Å². The minimum absolute atomic E-state index is 0.508. The Hall–Kier alpha value is -2.28. The van der Waals surface area contributed by atoms with Gasteiger partial charge in [0, 0.05) is 37.5 Å². The summed E-state index contributed by atoms with van der Waals surface area (Å²) in [5, 5.41) is 7.96. The quantitative estimate of drug-likeness (QED) is 0.327. The molecule has 3 aromatic heterocycles. The van der Waals surface area contributed by atoms with Crippen LogP contribution in [0, 0.1) is 27.7 Å². The number of aliphatic imine (C=N–C) groups is 1. The van der Waals surface area contributed by atoms with Gasteiger partial charge in [-0.1, -0.05) is 28.9 Å². The lowest BCUT2D eigenvalue weighted by Crippen LogP contribution is -2.05. The number of fused-ring (bicyclic) bond motifs is 3. The first-order chi connectivity index (χ1) is 14.0. The van der Waals surface area contributed by atoms with E-state index in [1.165, 1.54) is 20.9 Å². The second-order valence-corrected chi connectivity index (χ2v) is 9.54. The van der Waals surface area contributed by atoms with Gasteiger partial charge in [0.15, 0.2) is 5.76 Å². The Morgan fingerprint density at radius 2 is 1.79 bits per heavy atom. The van der Waals surface area contributed by atoms with Gasteiger partial charge in [-0.2, -0.15) is 0 Å². The molecule has 0 aliphatic carbocycles. The van der Waals surface area contributed by atoms with Gasteiger partial charge in [-0.15, -0.1) is 22.7 Å².